The van der Waals surface area contributed by atoms with Crippen molar-refractivity contribution < 1.29 is 14.7 Å². The highest BCUT2D eigenvalue weighted by Gasteiger charge is 2.24. The fourth-order valence-corrected chi connectivity index (χ4v) is 2.55. The van der Waals surface area contributed by atoms with Gasteiger partial charge in [0, 0.05) is 11.6 Å². The molecule has 110 valence electrons. The number of hydrogen-bond donors (Lipinski definition) is 3. The van der Waals surface area contributed by atoms with E-state index in [0.29, 0.717) is 0 Å². The van der Waals surface area contributed by atoms with Crippen molar-refractivity contribution in [2.24, 2.45) is 0 Å². The van der Waals surface area contributed by atoms with E-state index in [1.165, 1.54) is 19.3 Å². The van der Waals surface area contributed by atoms with Crippen LogP contribution in [0.3, 0.4) is 0 Å². The number of aliphatic carboxylic acids is 1. The topological polar surface area (TPSA) is 78.4 Å². The number of hydrogen-bond acceptors (Lipinski definition) is 2. The van der Waals surface area contributed by atoms with Crippen LogP contribution in [-0.4, -0.2) is 28.7 Å². The molecule has 1 rings (SSSR count). The average Bonchev–Trinajstić information content (AvgIpc) is 2.18. The van der Waals surface area contributed by atoms with Crippen LogP contribution in [0.4, 0.5) is 4.79 Å². The van der Waals surface area contributed by atoms with Gasteiger partial charge < -0.3 is 15.7 Å². The van der Waals surface area contributed by atoms with Crippen molar-refractivity contribution in [3.8, 4) is 0 Å². The molecule has 0 aliphatic heterocycles. The van der Waals surface area contributed by atoms with Gasteiger partial charge in [-0.1, -0.05) is 32.1 Å². The third kappa shape index (κ3) is 7.03. The van der Waals surface area contributed by atoms with E-state index in [1.54, 1.807) is 13.8 Å². The molecule has 1 saturated carbocycles. The Balaban J connectivity index is 2.38. The molecule has 0 heterocycles. The van der Waals surface area contributed by atoms with Crippen molar-refractivity contribution in [1.29, 1.82) is 0 Å². The van der Waals surface area contributed by atoms with Crippen molar-refractivity contribution in [1.82, 2.24) is 10.6 Å². The molecule has 0 atom stereocenters. The van der Waals surface area contributed by atoms with Crippen molar-refractivity contribution in [2.75, 3.05) is 0 Å². The van der Waals surface area contributed by atoms with E-state index in [9.17, 15) is 9.59 Å². The van der Waals surface area contributed by atoms with E-state index < -0.39 is 11.5 Å². The number of carbonyl (C=O) groups is 2. The first-order valence-corrected chi connectivity index (χ1v) is 7.19. The van der Waals surface area contributed by atoms with Gasteiger partial charge in [-0.3, -0.25) is 4.79 Å². The third-order valence-corrected chi connectivity index (χ3v) is 3.49. The van der Waals surface area contributed by atoms with Crippen LogP contribution in [0.1, 0.15) is 65.2 Å². The Bertz CT molecular complexity index is 308. The molecular formula is C14H26N2O3. The number of rotatable bonds is 4. The summed E-state index contributed by atoms with van der Waals surface area (Å²) in [5.41, 5.74) is -0.725. The molecule has 0 bridgehead atoms. The van der Waals surface area contributed by atoms with Gasteiger partial charge in [0.05, 0.1) is 6.42 Å². The van der Waals surface area contributed by atoms with Gasteiger partial charge in [0.15, 0.2) is 0 Å². The Hall–Kier alpha value is -1.26. The summed E-state index contributed by atoms with van der Waals surface area (Å²) in [6.07, 6.45) is 8.05. The molecule has 1 fully saturated rings. The number of carboxylic acids is 1. The first kappa shape index (κ1) is 15.8. The lowest BCUT2D eigenvalue weighted by atomic mass is 9.97. The largest absolute Gasteiger partial charge is 0.481 e. The van der Waals surface area contributed by atoms with Crippen LogP contribution < -0.4 is 10.6 Å². The summed E-state index contributed by atoms with van der Waals surface area (Å²) >= 11 is 0. The minimum absolute atomic E-state index is 0.0783. The number of urea groups is 1. The Morgan fingerprint density at radius 2 is 1.63 bits per heavy atom. The zero-order valence-electron chi connectivity index (χ0n) is 12.0. The summed E-state index contributed by atoms with van der Waals surface area (Å²) < 4.78 is 0. The number of nitrogens with one attached hydrogen (secondary N) is 2. The predicted molar refractivity (Wildman–Crippen MR) is 74.1 cm³/mol. The Morgan fingerprint density at radius 1 is 1.11 bits per heavy atom. The molecule has 2 amide bonds. The van der Waals surface area contributed by atoms with Crippen molar-refractivity contribution >= 4 is 12.0 Å². The van der Waals surface area contributed by atoms with Crippen molar-refractivity contribution in [3.05, 3.63) is 0 Å². The standard InChI is InChI=1S/C14H26N2O3/c1-14(2,10-12(17)18)16-13(19)15-11-8-6-4-3-5-7-9-11/h11H,3-10H2,1-2H3,(H,17,18)(H2,15,16,19). The van der Waals surface area contributed by atoms with Crippen LogP contribution >= 0.6 is 0 Å². The second kappa shape index (κ2) is 7.36. The molecule has 3 N–H and O–H groups in total. The van der Waals surface area contributed by atoms with Gasteiger partial charge in [0.25, 0.3) is 0 Å². The first-order valence-electron chi connectivity index (χ1n) is 7.19. The van der Waals surface area contributed by atoms with Gasteiger partial charge in [0.2, 0.25) is 0 Å². The Labute approximate surface area is 115 Å². The molecular weight excluding hydrogens is 244 g/mol. The molecule has 5 nitrogen and oxygen atoms in total. The Kier molecular flexibility index (Phi) is 6.12. The smallest absolute Gasteiger partial charge is 0.315 e. The summed E-state index contributed by atoms with van der Waals surface area (Å²) in [4.78, 5) is 22.6. The lowest BCUT2D eigenvalue weighted by molar-refractivity contribution is -0.138. The number of carbonyl (C=O) groups excluding carboxylic acids is 1. The van der Waals surface area contributed by atoms with E-state index in [-0.39, 0.29) is 18.5 Å². The Morgan fingerprint density at radius 3 is 2.16 bits per heavy atom. The maximum absolute atomic E-state index is 11.9. The van der Waals surface area contributed by atoms with Gasteiger partial charge in [-0.15, -0.1) is 0 Å². The number of amides is 2. The molecule has 19 heavy (non-hydrogen) atoms. The van der Waals surface area contributed by atoms with Gasteiger partial charge in [-0.05, 0) is 26.7 Å². The highest BCUT2D eigenvalue weighted by molar-refractivity contribution is 5.76. The van der Waals surface area contributed by atoms with Crippen LogP contribution in [0.2, 0.25) is 0 Å². The van der Waals surface area contributed by atoms with Gasteiger partial charge >= 0.3 is 12.0 Å². The summed E-state index contributed by atoms with van der Waals surface area (Å²) in [5, 5.41) is 14.5. The van der Waals surface area contributed by atoms with E-state index in [4.69, 9.17) is 5.11 Å². The second-order valence-electron chi connectivity index (χ2n) is 6.09. The fraction of sp³-hybridized carbons (Fsp3) is 0.857. The van der Waals surface area contributed by atoms with Crippen molar-refractivity contribution in [2.45, 2.75) is 76.8 Å². The third-order valence-electron chi connectivity index (χ3n) is 3.49. The molecule has 0 aromatic heterocycles. The van der Waals surface area contributed by atoms with Gasteiger partial charge in [-0.25, -0.2) is 4.79 Å². The lowest BCUT2D eigenvalue weighted by Crippen LogP contribution is -2.51. The normalized spacial score (nSPS) is 18.2. The van der Waals surface area contributed by atoms with E-state index in [2.05, 4.69) is 10.6 Å². The second-order valence-corrected chi connectivity index (χ2v) is 6.09. The lowest BCUT2D eigenvalue weighted by Gasteiger charge is -2.27. The average molecular weight is 270 g/mol. The minimum Gasteiger partial charge on any atom is -0.481 e. The van der Waals surface area contributed by atoms with Crippen LogP contribution in [-0.2, 0) is 4.79 Å². The van der Waals surface area contributed by atoms with Crippen LogP contribution in [0.15, 0.2) is 0 Å². The molecule has 5 heteroatoms. The summed E-state index contributed by atoms with van der Waals surface area (Å²) in [6.45, 7) is 3.44. The van der Waals surface area contributed by atoms with E-state index >= 15 is 0 Å². The van der Waals surface area contributed by atoms with Crippen LogP contribution in [0.25, 0.3) is 0 Å². The van der Waals surface area contributed by atoms with E-state index in [0.717, 1.165) is 25.7 Å². The van der Waals surface area contributed by atoms with Gasteiger partial charge in [0.1, 0.15) is 0 Å². The first-order chi connectivity index (χ1) is 8.89. The molecule has 0 unspecified atom stereocenters. The van der Waals surface area contributed by atoms with Crippen molar-refractivity contribution in [3.63, 3.8) is 0 Å². The molecule has 0 spiro atoms. The molecule has 0 radical (unpaired) electrons. The zero-order valence-corrected chi connectivity index (χ0v) is 12.0. The van der Waals surface area contributed by atoms with E-state index in [1.807, 2.05) is 0 Å². The SMILES string of the molecule is CC(C)(CC(=O)O)NC(=O)NC1CCCCCCC1. The summed E-state index contributed by atoms with van der Waals surface area (Å²) in [6, 6.07) is -0.0299. The highest BCUT2D eigenvalue weighted by Crippen LogP contribution is 2.17. The minimum atomic E-state index is -0.906. The van der Waals surface area contributed by atoms with Gasteiger partial charge in [-0.2, -0.15) is 0 Å². The molecule has 0 aromatic carbocycles. The summed E-state index contributed by atoms with van der Waals surface area (Å²) in [5.74, 6) is -0.906. The maximum atomic E-state index is 11.9. The molecule has 1 aliphatic carbocycles. The molecule has 1 aliphatic rings. The highest BCUT2D eigenvalue weighted by atomic mass is 16.4. The molecule has 0 aromatic rings. The van der Waals surface area contributed by atoms with Crippen LogP contribution in [0.5, 0.6) is 0 Å². The number of carboxylic acid groups (broad SMARTS) is 1. The zero-order chi connectivity index (χ0) is 14.3. The molecule has 0 saturated heterocycles. The van der Waals surface area contributed by atoms with Crippen LogP contribution in [0, 0.1) is 0 Å². The monoisotopic (exact) mass is 270 g/mol. The quantitative estimate of drug-likeness (QED) is 0.735. The predicted octanol–water partition coefficient (Wildman–Crippen LogP) is 2.65. The fourth-order valence-electron chi connectivity index (χ4n) is 2.55. The summed E-state index contributed by atoms with van der Waals surface area (Å²) in [7, 11) is 0. The maximum Gasteiger partial charge on any atom is 0.315 e.